The molecule has 0 aliphatic carbocycles. The smallest absolute Gasteiger partial charge is 0.448 e. The van der Waals surface area contributed by atoms with Gasteiger partial charge in [0.1, 0.15) is 0 Å². The third-order valence-electron chi connectivity index (χ3n) is 1.18. The van der Waals surface area contributed by atoms with Crippen LogP contribution >= 0.6 is 0 Å². The van der Waals surface area contributed by atoms with E-state index >= 15 is 0 Å². The average molecular weight is 217 g/mol. The van der Waals surface area contributed by atoms with Gasteiger partial charge in [-0.2, -0.15) is 0 Å². The number of hydroxylamine groups is 2. The molecule has 0 aromatic carbocycles. The molecular weight excluding hydrogens is 206 g/mol. The molecule has 0 bridgehead atoms. The predicted molar refractivity (Wildman–Crippen MR) is 48.2 cm³/mol. The van der Waals surface area contributed by atoms with E-state index in [0.29, 0.717) is 0 Å². The Balaban J connectivity index is 0. The molecule has 0 aromatic rings. The Morgan fingerprint density at radius 2 is 1.60 bits per heavy atom. The summed E-state index contributed by atoms with van der Waals surface area (Å²) in [5.41, 5.74) is 0. The lowest BCUT2D eigenvalue weighted by Crippen LogP contribution is -2.31. The summed E-state index contributed by atoms with van der Waals surface area (Å²) in [6.45, 7) is 0. The second-order valence-electron chi connectivity index (χ2n) is 1.94. The van der Waals surface area contributed by atoms with Gasteiger partial charge >= 0.3 is 6.16 Å². The zero-order valence-electron chi connectivity index (χ0n) is 8.04. The number of carbonyl (C=O) groups excluding carboxylic acids is 2. The number of nitrogens with zero attached hydrogens (tertiary/aromatic N) is 1. The Morgan fingerprint density at radius 1 is 1.27 bits per heavy atom. The summed E-state index contributed by atoms with van der Waals surface area (Å²) in [5.74, 6) is -1.23. The Hall–Kier alpha value is -2.07. The van der Waals surface area contributed by atoms with Crippen molar-refractivity contribution in [3.8, 4) is 12.8 Å². The van der Waals surface area contributed by atoms with Gasteiger partial charge in [0.2, 0.25) is 0 Å². The lowest BCUT2D eigenvalue weighted by Gasteiger charge is -2.08. The highest BCUT2D eigenvalue weighted by molar-refractivity contribution is 6.01. The van der Waals surface area contributed by atoms with Crippen molar-refractivity contribution in [1.29, 1.82) is 0 Å². The molecule has 0 unspecified atom stereocenters. The van der Waals surface area contributed by atoms with Gasteiger partial charge in [-0.05, 0) is 0 Å². The standard InChI is InChI=1S/C5H5NO5.C2H2.CH4O/c7-3-1-2-4(8)6(3)11-5(9)10;2*1-2/h1-2H2,(H,9,10);1-2H;2H,1H3. The maximum atomic E-state index is 10.6. The van der Waals surface area contributed by atoms with Crippen LogP contribution in [0.25, 0.3) is 0 Å². The Bertz CT molecular complexity index is 243. The first-order chi connectivity index (χ1) is 7.11. The second-order valence-corrected chi connectivity index (χ2v) is 1.94. The van der Waals surface area contributed by atoms with Crippen LogP contribution in [0.3, 0.4) is 0 Å². The van der Waals surface area contributed by atoms with E-state index in [2.05, 4.69) is 17.7 Å². The van der Waals surface area contributed by atoms with Crippen molar-refractivity contribution in [3.63, 3.8) is 0 Å². The fourth-order valence-electron chi connectivity index (χ4n) is 0.736. The molecule has 2 N–H and O–H groups in total. The fourth-order valence-corrected chi connectivity index (χ4v) is 0.736. The minimum absolute atomic E-state index is 0.0200. The number of rotatable bonds is 1. The van der Waals surface area contributed by atoms with Crippen LogP contribution in [0, 0.1) is 12.8 Å². The molecule has 1 heterocycles. The molecular formula is C8H11NO6. The third-order valence-corrected chi connectivity index (χ3v) is 1.18. The number of imide groups is 1. The van der Waals surface area contributed by atoms with Crippen LogP contribution < -0.4 is 0 Å². The molecule has 1 fully saturated rings. The van der Waals surface area contributed by atoms with Crippen LogP contribution in [0.4, 0.5) is 4.79 Å². The number of aliphatic hydroxyl groups excluding tert-OH is 1. The highest BCUT2D eigenvalue weighted by Crippen LogP contribution is 2.11. The van der Waals surface area contributed by atoms with Crippen LogP contribution in [0.1, 0.15) is 12.8 Å². The number of carbonyl (C=O) groups is 3. The Labute approximate surface area is 86.2 Å². The first-order valence-electron chi connectivity index (χ1n) is 3.66. The fraction of sp³-hybridized carbons (Fsp3) is 0.375. The van der Waals surface area contributed by atoms with E-state index in [4.69, 9.17) is 10.2 Å². The predicted octanol–water partition coefficient (Wildman–Crippen LogP) is -0.397. The largest absolute Gasteiger partial charge is 0.531 e. The zero-order valence-corrected chi connectivity index (χ0v) is 8.04. The highest BCUT2D eigenvalue weighted by atomic mass is 16.8. The maximum absolute atomic E-state index is 10.6. The first kappa shape index (κ1) is 15.4. The Morgan fingerprint density at radius 3 is 1.87 bits per heavy atom. The molecule has 7 nitrogen and oxygen atoms in total. The third kappa shape index (κ3) is 5.28. The molecule has 0 radical (unpaired) electrons. The van der Waals surface area contributed by atoms with Gasteiger partial charge in [-0.3, -0.25) is 14.4 Å². The lowest BCUT2D eigenvalue weighted by atomic mass is 10.4. The summed E-state index contributed by atoms with van der Waals surface area (Å²) in [6.07, 6.45) is 6.38. The molecule has 1 rings (SSSR count). The topological polar surface area (TPSA) is 104 Å². The number of hydrogen-bond donors (Lipinski definition) is 2. The van der Waals surface area contributed by atoms with E-state index in [0.717, 1.165) is 7.11 Å². The van der Waals surface area contributed by atoms with Crippen molar-refractivity contribution >= 4 is 18.0 Å². The molecule has 0 saturated carbocycles. The van der Waals surface area contributed by atoms with E-state index in [9.17, 15) is 14.4 Å². The van der Waals surface area contributed by atoms with Crippen molar-refractivity contribution in [3.05, 3.63) is 0 Å². The summed E-state index contributed by atoms with van der Waals surface area (Å²) in [4.78, 5) is 35.0. The van der Waals surface area contributed by atoms with Gasteiger partial charge in [-0.1, -0.05) is 5.06 Å². The van der Waals surface area contributed by atoms with Crippen LogP contribution in [0.2, 0.25) is 0 Å². The number of carboxylic acid groups (broad SMARTS) is 1. The van der Waals surface area contributed by atoms with Gasteiger partial charge in [-0.15, -0.1) is 12.8 Å². The quantitative estimate of drug-likeness (QED) is 0.457. The van der Waals surface area contributed by atoms with Crippen molar-refractivity contribution in [2.45, 2.75) is 12.8 Å². The van der Waals surface area contributed by atoms with Crippen LogP contribution in [-0.4, -0.2) is 40.4 Å². The van der Waals surface area contributed by atoms with E-state index in [1.165, 1.54) is 0 Å². The molecule has 1 aliphatic heterocycles. The van der Waals surface area contributed by atoms with E-state index in [-0.39, 0.29) is 17.9 Å². The summed E-state index contributed by atoms with van der Waals surface area (Å²) >= 11 is 0. The zero-order chi connectivity index (χ0) is 12.4. The molecule has 0 aromatic heterocycles. The number of aliphatic hydroxyl groups is 1. The van der Waals surface area contributed by atoms with E-state index in [1.807, 2.05) is 0 Å². The first-order valence-corrected chi connectivity index (χ1v) is 3.66. The minimum atomic E-state index is -1.66. The summed E-state index contributed by atoms with van der Waals surface area (Å²) in [5, 5.41) is 15.3. The molecule has 15 heavy (non-hydrogen) atoms. The van der Waals surface area contributed by atoms with Crippen molar-refractivity contribution in [1.82, 2.24) is 5.06 Å². The minimum Gasteiger partial charge on any atom is -0.448 e. The number of amides is 2. The maximum Gasteiger partial charge on any atom is 0.531 e. The number of hydrogen-bond acceptors (Lipinski definition) is 5. The molecule has 1 aliphatic rings. The van der Waals surface area contributed by atoms with Crippen molar-refractivity contribution in [2.24, 2.45) is 0 Å². The van der Waals surface area contributed by atoms with E-state index < -0.39 is 18.0 Å². The van der Waals surface area contributed by atoms with Gasteiger partial charge in [-0.25, -0.2) is 4.79 Å². The van der Waals surface area contributed by atoms with Gasteiger partial charge in [0.15, 0.2) is 0 Å². The monoisotopic (exact) mass is 217 g/mol. The summed E-state index contributed by atoms with van der Waals surface area (Å²) in [6, 6.07) is 0. The Kier molecular flexibility index (Phi) is 8.75. The molecule has 0 spiro atoms. The normalized spacial score (nSPS) is 13.2. The van der Waals surface area contributed by atoms with Crippen LogP contribution in [-0.2, 0) is 14.4 Å². The van der Waals surface area contributed by atoms with Gasteiger partial charge in [0.25, 0.3) is 11.8 Å². The molecule has 1 saturated heterocycles. The lowest BCUT2D eigenvalue weighted by molar-refractivity contribution is -0.175. The molecule has 7 heteroatoms. The highest BCUT2D eigenvalue weighted by Gasteiger charge is 2.32. The summed E-state index contributed by atoms with van der Waals surface area (Å²) < 4.78 is 0. The van der Waals surface area contributed by atoms with Gasteiger partial charge < -0.3 is 10.2 Å². The van der Waals surface area contributed by atoms with Crippen LogP contribution in [0.5, 0.6) is 0 Å². The average Bonchev–Trinajstić information content (AvgIpc) is 2.55. The number of terminal acetylenes is 1. The second kappa shape index (κ2) is 8.52. The molecule has 0 atom stereocenters. The van der Waals surface area contributed by atoms with E-state index in [1.54, 1.807) is 0 Å². The van der Waals surface area contributed by atoms with Crippen molar-refractivity contribution < 1.29 is 29.4 Å². The molecule has 2 amide bonds. The summed E-state index contributed by atoms with van der Waals surface area (Å²) in [7, 11) is 1.00. The van der Waals surface area contributed by atoms with Crippen LogP contribution in [0.15, 0.2) is 0 Å². The van der Waals surface area contributed by atoms with Gasteiger partial charge in [0, 0.05) is 20.0 Å². The SMILES string of the molecule is C#C.CO.O=C(O)ON1C(=O)CCC1=O. The van der Waals surface area contributed by atoms with Crippen molar-refractivity contribution in [2.75, 3.05) is 7.11 Å². The molecule has 84 valence electrons. The van der Waals surface area contributed by atoms with Gasteiger partial charge in [0.05, 0.1) is 0 Å².